The van der Waals surface area contributed by atoms with Gasteiger partial charge in [0.2, 0.25) is 0 Å². The minimum Gasteiger partial charge on any atom is -0.373 e. The molecule has 1 aromatic heterocycles. The van der Waals surface area contributed by atoms with Crippen LogP contribution in [-0.2, 0) is 11.2 Å². The molecule has 1 saturated heterocycles. The van der Waals surface area contributed by atoms with E-state index in [9.17, 15) is 8.78 Å². The zero-order valence-electron chi connectivity index (χ0n) is 18.8. The van der Waals surface area contributed by atoms with E-state index in [1.165, 1.54) is 19.3 Å². The molecule has 32 heavy (non-hydrogen) atoms. The molecular formula is C27H30F2N2O. The summed E-state index contributed by atoms with van der Waals surface area (Å²) in [6.45, 7) is 5.05. The van der Waals surface area contributed by atoms with Gasteiger partial charge in [-0.05, 0) is 42.7 Å². The fraction of sp³-hybridized carbons (Fsp3) is 0.407. The Bertz CT molecular complexity index is 1030. The summed E-state index contributed by atoms with van der Waals surface area (Å²) in [6.07, 6.45) is 9.45. The minimum atomic E-state index is -0.879. The van der Waals surface area contributed by atoms with Gasteiger partial charge < -0.3 is 4.74 Å². The van der Waals surface area contributed by atoms with Crippen molar-refractivity contribution in [3.8, 4) is 22.3 Å². The molecule has 2 atom stereocenters. The topological polar surface area (TPSA) is 35.0 Å². The Kier molecular flexibility index (Phi) is 7.26. The van der Waals surface area contributed by atoms with Crippen molar-refractivity contribution in [3.63, 3.8) is 0 Å². The van der Waals surface area contributed by atoms with E-state index in [0.717, 1.165) is 31.4 Å². The number of nitrogens with zero attached hydrogens (tertiary/aromatic N) is 2. The summed E-state index contributed by atoms with van der Waals surface area (Å²) in [5.74, 6) is -0.378. The molecule has 5 heteroatoms. The third-order valence-electron chi connectivity index (χ3n) is 6.23. The van der Waals surface area contributed by atoms with Crippen molar-refractivity contribution in [3.05, 3.63) is 71.8 Å². The van der Waals surface area contributed by atoms with E-state index in [0.29, 0.717) is 22.9 Å². The Balaban J connectivity index is 1.51. The molecule has 0 aliphatic carbocycles. The molecule has 4 rings (SSSR count). The number of hydrogen-bond donors (Lipinski definition) is 0. The van der Waals surface area contributed by atoms with Crippen molar-refractivity contribution in [1.82, 2.24) is 9.97 Å². The molecule has 0 bridgehead atoms. The second-order valence-electron chi connectivity index (χ2n) is 8.60. The van der Waals surface area contributed by atoms with Gasteiger partial charge in [0.05, 0.1) is 12.7 Å². The molecule has 1 aliphatic rings. The second kappa shape index (κ2) is 10.3. The summed E-state index contributed by atoms with van der Waals surface area (Å²) in [7, 11) is 0. The summed E-state index contributed by atoms with van der Waals surface area (Å²) in [6, 6.07) is 10.8. The molecule has 168 valence electrons. The molecule has 1 fully saturated rings. The van der Waals surface area contributed by atoms with Gasteiger partial charge in [-0.2, -0.15) is 0 Å². The van der Waals surface area contributed by atoms with Crippen molar-refractivity contribution >= 4 is 0 Å². The van der Waals surface area contributed by atoms with Crippen LogP contribution in [0.25, 0.3) is 22.3 Å². The highest BCUT2D eigenvalue weighted by atomic mass is 19.2. The number of halogens is 2. The van der Waals surface area contributed by atoms with Gasteiger partial charge in [-0.15, -0.1) is 0 Å². The zero-order valence-corrected chi connectivity index (χ0v) is 18.8. The van der Waals surface area contributed by atoms with E-state index in [-0.39, 0.29) is 17.2 Å². The summed E-state index contributed by atoms with van der Waals surface area (Å²) < 4.78 is 35.9. The quantitative estimate of drug-likeness (QED) is 0.389. The fourth-order valence-electron chi connectivity index (χ4n) is 4.42. The Labute approximate surface area is 188 Å². The molecule has 3 nitrogen and oxygen atoms in total. The molecule has 2 unspecified atom stereocenters. The van der Waals surface area contributed by atoms with E-state index >= 15 is 0 Å². The molecule has 0 radical (unpaired) electrons. The Morgan fingerprint density at radius 3 is 2.06 bits per heavy atom. The summed E-state index contributed by atoms with van der Waals surface area (Å²) in [5.41, 5.74) is 2.62. The Morgan fingerprint density at radius 2 is 1.50 bits per heavy atom. The van der Waals surface area contributed by atoms with Crippen molar-refractivity contribution in [2.75, 3.05) is 6.61 Å². The van der Waals surface area contributed by atoms with Crippen LogP contribution in [0, 0.1) is 17.6 Å². The highest BCUT2D eigenvalue weighted by Gasteiger charge is 2.23. The average Bonchev–Trinajstić information content (AvgIpc) is 2.83. The maximum atomic E-state index is 15.0. The van der Waals surface area contributed by atoms with Gasteiger partial charge in [0.1, 0.15) is 5.82 Å². The Hall–Kier alpha value is -2.66. The predicted molar refractivity (Wildman–Crippen MR) is 123 cm³/mol. The first-order chi connectivity index (χ1) is 15.6. The van der Waals surface area contributed by atoms with Gasteiger partial charge in [-0.3, -0.25) is 0 Å². The third kappa shape index (κ3) is 4.88. The van der Waals surface area contributed by atoms with E-state index < -0.39 is 11.6 Å². The molecule has 3 aromatic rings. The van der Waals surface area contributed by atoms with Crippen molar-refractivity contribution in [2.24, 2.45) is 5.92 Å². The van der Waals surface area contributed by atoms with E-state index in [1.54, 1.807) is 24.5 Å². The first kappa shape index (κ1) is 22.5. The monoisotopic (exact) mass is 436 g/mol. The number of benzene rings is 2. The molecule has 2 heterocycles. The first-order valence-corrected chi connectivity index (χ1v) is 11.6. The van der Waals surface area contributed by atoms with Gasteiger partial charge in [-0.25, -0.2) is 18.7 Å². The van der Waals surface area contributed by atoms with E-state index in [1.807, 2.05) is 31.2 Å². The van der Waals surface area contributed by atoms with Gasteiger partial charge >= 0.3 is 0 Å². The lowest BCUT2D eigenvalue weighted by Gasteiger charge is -2.29. The predicted octanol–water partition coefficient (Wildman–Crippen LogP) is 7.31. The average molecular weight is 437 g/mol. The molecule has 0 saturated carbocycles. The largest absolute Gasteiger partial charge is 0.373 e. The molecular weight excluding hydrogens is 406 g/mol. The number of ether oxygens (including phenoxy) is 1. The molecule has 0 spiro atoms. The van der Waals surface area contributed by atoms with Crippen LogP contribution in [0.2, 0.25) is 0 Å². The van der Waals surface area contributed by atoms with E-state index in [4.69, 9.17) is 4.74 Å². The van der Waals surface area contributed by atoms with Crippen LogP contribution in [0.15, 0.2) is 48.8 Å². The molecule has 2 aromatic carbocycles. The number of rotatable bonds is 7. The highest BCUT2D eigenvalue weighted by Crippen LogP contribution is 2.35. The maximum Gasteiger partial charge on any atom is 0.167 e. The second-order valence-corrected chi connectivity index (χ2v) is 8.60. The lowest BCUT2D eigenvalue weighted by atomic mass is 9.91. The Morgan fingerprint density at radius 1 is 0.844 bits per heavy atom. The van der Waals surface area contributed by atoms with Gasteiger partial charge in [0.15, 0.2) is 11.6 Å². The first-order valence-electron chi connectivity index (χ1n) is 11.6. The smallest absolute Gasteiger partial charge is 0.167 e. The third-order valence-corrected chi connectivity index (χ3v) is 6.23. The highest BCUT2D eigenvalue weighted by molar-refractivity contribution is 5.71. The van der Waals surface area contributed by atoms with Crippen LogP contribution >= 0.6 is 0 Å². The number of hydrogen-bond acceptors (Lipinski definition) is 3. The van der Waals surface area contributed by atoms with Crippen molar-refractivity contribution in [2.45, 2.75) is 58.5 Å². The summed E-state index contributed by atoms with van der Waals surface area (Å²) in [4.78, 5) is 8.51. The van der Waals surface area contributed by atoms with Crippen LogP contribution in [0.4, 0.5) is 8.78 Å². The van der Waals surface area contributed by atoms with Crippen LogP contribution in [0.5, 0.6) is 0 Å². The molecule has 0 amide bonds. The SMILES string of the molecule is CCCc1ncc(-c2ccc(-c3ccc(C4CCC(CCC)CO4)cc3)c(F)c2F)cn1. The molecule has 1 aliphatic heterocycles. The lowest BCUT2D eigenvalue weighted by Crippen LogP contribution is -2.20. The van der Waals surface area contributed by atoms with Crippen LogP contribution in [0.1, 0.15) is 63.4 Å². The van der Waals surface area contributed by atoms with Crippen molar-refractivity contribution in [1.29, 1.82) is 0 Å². The standard InChI is InChI=1S/C27H30F2N2O/c1-3-5-18-7-14-24(32-17-18)20-10-8-19(9-11-20)22-12-13-23(27(29)26(22)28)21-15-30-25(6-4-2)31-16-21/h8-13,15-16,18,24H,3-7,14,17H2,1-2H3. The molecule has 0 N–H and O–H groups in total. The lowest BCUT2D eigenvalue weighted by molar-refractivity contribution is -0.0194. The summed E-state index contributed by atoms with van der Waals surface area (Å²) in [5, 5.41) is 0. The minimum absolute atomic E-state index is 0.0804. The van der Waals surface area contributed by atoms with Gasteiger partial charge in [-0.1, -0.05) is 56.7 Å². The number of aromatic nitrogens is 2. The zero-order chi connectivity index (χ0) is 22.5. The maximum absolute atomic E-state index is 15.0. The van der Waals surface area contributed by atoms with E-state index in [2.05, 4.69) is 16.9 Å². The van der Waals surface area contributed by atoms with Crippen LogP contribution < -0.4 is 0 Å². The van der Waals surface area contributed by atoms with Gasteiger partial charge in [0, 0.05) is 35.5 Å². The number of aryl methyl sites for hydroxylation is 1. The fourth-order valence-corrected chi connectivity index (χ4v) is 4.42. The summed E-state index contributed by atoms with van der Waals surface area (Å²) >= 11 is 0. The van der Waals surface area contributed by atoms with Gasteiger partial charge in [0.25, 0.3) is 0 Å². The normalized spacial score (nSPS) is 18.6. The van der Waals surface area contributed by atoms with Crippen molar-refractivity contribution < 1.29 is 13.5 Å². The van der Waals surface area contributed by atoms with Crippen LogP contribution in [0.3, 0.4) is 0 Å². The van der Waals surface area contributed by atoms with Crippen LogP contribution in [-0.4, -0.2) is 16.6 Å².